The number of anilines is 1. The Hall–Kier alpha value is -1.62. The molecular formula is C12H16ClN5. The van der Waals surface area contributed by atoms with Crippen molar-refractivity contribution >= 4 is 17.5 Å². The number of aromatic nitrogens is 4. The molecule has 2 aromatic heterocycles. The Balaban J connectivity index is 1.80. The summed E-state index contributed by atoms with van der Waals surface area (Å²) < 4.78 is 1.94. The zero-order chi connectivity index (χ0) is 13.0. The Morgan fingerprint density at radius 1 is 1.28 bits per heavy atom. The zero-order valence-electron chi connectivity index (χ0n) is 10.5. The van der Waals surface area contributed by atoms with Crippen LogP contribution in [0.25, 0.3) is 0 Å². The molecule has 0 saturated heterocycles. The van der Waals surface area contributed by atoms with Crippen LogP contribution in [0.15, 0.2) is 18.5 Å². The molecule has 0 fully saturated rings. The quantitative estimate of drug-likeness (QED) is 0.844. The van der Waals surface area contributed by atoms with Crippen molar-refractivity contribution in [1.82, 2.24) is 19.7 Å². The first-order chi connectivity index (χ1) is 8.68. The number of nitrogens with one attached hydrogen (secondary N) is 1. The summed E-state index contributed by atoms with van der Waals surface area (Å²) in [5, 5.41) is 8.30. The van der Waals surface area contributed by atoms with Crippen molar-refractivity contribution in [3.8, 4) is 0 Å². The molecule has 0 saturated carbocycles. The van der Waals surface area contributed by atoms with E-state index >= 15 is 0 Å². The highest BCUT2D eigenvalue weighted by molar-refractivity contribution is 6.31. The molecule has 0 aliphatic carbocycles. The summed E-state index contributed by atoms with van der Waals surface area (Å²) in [6.45, 7) is 5.54. The standard InChI is InChI=1S/C12H16ClN5/c1-9-11(13)10(2)18(17-9)8-4-7-16-12-14-5-3-6-15-12/h3,5-6H,4,7-8H2,1-2H3,(H,14,15,16). The van der Waals surface area contributed by atoms with Crippen molar-refractivity contribution < 1.29 is 0 Å². The van der Waals surface area contributed by atoms with Crippen LogP contribution < -0.4 is 5.32 Å². The molecule has 0 aliphatic heterocycles. The van der Waals surface area contributed by atoms with Crippen molar-refractivity contribution in [2.45, 2.75) is 26.8 Å². The van der Waals surface area contributed by atoms with E-state index in [9.17, 15) is 0 Å². The maximum atomic E-state index is 6.09. The van der Waals surface area contributed by atoms with Gasteiger partial charge in [0.15, 0.2) is 0 Å². The average molecular weight is 266 g/mol. The number of aryl methyl sites for hydroxylation is 2. The SMILES string of the molecule is Cc1nn(CCCNc2ncccn2)c(C)c1Cl. The predicted molar refractivity (Wildman–Crippen MR) is 71.8 cm³/mol. The van der Waals surface area contributed by atoms with Crippen molar-refractivity contribution in [3.63, 3.8) is 0 Å². The fourth-order valence-corrected chi connectivity index (χ4v) is 1.85. The van der Waals surface area contributed by atoms with E-state index in [4.69, 9.17) is 11.6 Å². The third kappa shape index (κ3) is 2.98. The molecule has 0 aromatic carbocycles. The van der Waals surface area contributed by atoms with Crippen molar-refractivity contribution in [2.75, 3.05) is 11.9 Å². The van der Waals surface area contributed by atoms with Gasteiger partial charge >= 0.3 is 0 Å². The minimum Gasteiger partial charge on any atom is -0.354 e. The van der Waals surface area contributed by atoms with E-state index in [0.29, 0.717) is 5.95 Å². The summed E-state index contributed by atoms with van der Waals surface area (Å²) in [5.74, 6) is 0.656. The molecule has 0 bridgehead atoms. The first kappa shape index (κ1) is 12.8. The van der Waals surface area contributed by atoms with E-state index in [1.165, 1.54) is 0 Å². The lowest BCUT2D eigenvalue weighted by Crippen LogP contribution is -2.10. The van der Waals surface area contributed by atoms with Crippen molar-refractivity contribution in [1.29, 1.82) is 0 Å². The fourth-order valence-electron chi connectivity index (χ4n) is 1.71. The maximum Gasteiger partial charge on any atom is 0.222 e. The van der Waals surface area contributed by atoms with Crippen LogP contribution in [0.1, 0.15) is 17.8 Å². The number of hydrogen-bond donors (Lipinski definition) is 1. The molecule has 0 atom stereocenters. The van der Waals surface area contributed by atoms with Crippen LogP contribution in [0.4, 0.5) is 5.95 Å². The summed E-state index contributed by atoms with van der Waals surface area (Å²) in [6, 6.07) is 1.79. The Kier molecular flexibility index (Phi) is 4.15. The van der Waals surface area contributed by atoms with Crippen LogP contribution in [0, 0.1) is 13.8 Å². The third-order valence-corrected chi connectivity index (χ3v) is 3.24. The van der Waals surface area contributed by atoms with E-state index < -0.39 is 0 Å². The van der Waals surface area contributed by atoms with Crippen LogP contribution in [0.3, 0.4) is 0 Å². The van der Waals surface area contributed by atoms with Gasteiger partial charge in [0.25, 0.3) is 0 Å². The number of rotatable bonds is 5. The summed E-state index contributed by atoms with van der Waals surface area (Å²) in [4.78, 5) is 8.19. The van der Waals surface area contributed by atoms with Crippen LogP contribution in [0.5, 0.6) is 0 Å². The van der Waals surface area contributed by atoms with Gasteiger partial charge in [-0.1, -0.05) is 11.6 Å². The van der Waals surface area contributed by atoms with E-state index in [1.54, 1.807) is 18.5 Å². The molecule has 96 valence electrons. The van der Waals surface area contributed by atoms with Gasteiger partial charge in [0, 0.05) is 25.5 Å². The molecule has 0 unspecified atom stereocenters. The lowest BCUT2D eigenvalue weighted by molar-refractivity contribution is 0.573. The van der Waals surface area contributed by atoms with Gasteiger partial charge in [0.1, 0.15) is 0 Å². The van der Waals surface area contributed by atoms with Crippen molar-refractivity contribution in [2.24, 2.45) is 0 Å². The highest BCUT2D eigenvalue weighted by atomic mass is 35.5. The topological polar surface area (TPSA) is 55.6 Å². The molecule has 6 heteroatoms. The maximum absolute atomic E-state index is 6.09. The second-order valence-corrected chi connectivity index (χ2v) is 4.44. The van der Waals surface area contributed by atoms with Gasteiger partial charge in [0.05, 0.1) is 16.4 Å². The Labute approximate surface area is 111 Å². The Morgan fingerprint density at radius 3 is 2.61 bits per heavy atom. The third-order valence-electron chi connectivity index (χ3n) is 2.69. The molecule has 2 aromatic rings. The summed E-state index contributed by atoms with van der Waals surface area (Å²) in [7, 11) is 0. The van der Waals surface area contributed by atoms with Gasteiger partial charge in [-0.3, -0.25) is 4.68 Å². The van der Waals surface area contributed by atoms with E-state index in [2.05, 4.69) is 20.4 Å². The first-order valence-electron chi connectivity index (χ1n) is 5.89. The van der Waals surface area contributed by atoms with Gasteiger partial charge < -0.3 is 5.32 Å². The smallest absolute Gasteiger partial charge is 0.222 e. The molecular weight excluding hydrogens is 250 g/mol. The Bertz CT molecular complexity index is 509. The molecule has 1 N–H and O–H groups in total. The van der Waals surface area contributed by atoms with Crippen LogP contribution in [-0.4, -0.2) is 26.3 Å². The molecule has 0 spiro atoms. The second kappa shape index (κ2) is 5.82. The second-order valence-electron chi connectivity index (χ2n) is 4.06. The molecule has 0 radical (unpaired) electrons. The molecule has 18 heavy (non-hydrogen) atoms. The minimum atomic E-state index is 0.656. The molecule has 2 rings (SSSR count). The predicted octanol–water partition coefficient (Wildman–Crippen LogP) is 2.45. The van der Waals surface area contributed by atoms with Gasteiger partial charge in [-0.25, -0.2) is 9.97 Å². The van der Waals surface area contributed by atoms with Gasteiger partial charge in [-0.15, -0.1) is 0 Å². The highest BCUT2D eigenvalue weighted by Crippen LogP contribution is 2.18. The van der Waals surface area contributed by atoms with Crippen LogP contribution in [-0.2, 0) is 6.54 Å². The van der Waals surface area contributed by atoms with E-state index in [0.717, 1.165) is 35.9 Å². The summed E-state index contributed by atoms with van der Waals surface area (Å²) in [5.41, 5.74) is 1.90. The summed E-state index contributed by atoms with van der Waals surface area (Å²) in [6.07, 6.45) is 4.38. The normalized spacial score (nSPS) is 10.6. The number of hydrogen-bond acceptors (Lipinski definition) is 4. The Morgan fingerprint density at radius 2 is 2.00 bits per heavy atom. The van der Waals surface area contributed by atoms with E-state index in [-0.39, 0.29) is 0 Å². The van der Waals surface area contributed by atoms with Gasteiger partial charge in [-0.05, 0) is 26.3 Å². The van der Waals surface area contributed by atoms with Gasteiger partial charge in [0.2, 0.25) is 5.95 Å². The lowest BCUT2D eigenvalue weighted by Gasteiger charge is -2.06. The first-order valence-corrected chi connectivity index (χ1v) is 6.26. The van der Waals surface area contributed by atoms with E-state index in [1.807, 2.05) is 18.5 Å². The minimum absolute atomic E-state index is 0.656. The van der Waals surface area contributed by atoms with Crippen LogP contribution in [0.2, 0.25) is 5.02 Å². The fraction of sp³-hybridized carbons (Fsp3) is 0.417. The van der Waals surface area contributed by atoms with Gasteiger partial charge in [-0.2, -0.15) is 5.10 Å². The monoisotopic (exact) mass is 265 g/mol. The lowest BCUT2D eigenvalue weighted by atomic mass is 10.4. The highest BCUT2D eigenvalue weighted by Gasteiger charge is 2.08. The number of halogens is 1. The molecule has 0 aliphatic rings. The van der Waals surface area contributed by atoms with Crippen molar-refractivity contribution in [3.05, 3.63) is 34.9 Å². The van der Waals surface area contributed by atoms with Crippen LogP contribution >= 0.6 is 11.6 Å². The molecule has 5 nitrogen and oxygen atoms in total. The summed E-state index contributed by atoms with van der Waals surface area (Å²) >= 11 is 6.09. The largest absolute Gasteiger partial charge is 0.354 e. The zero-order valence-corrected chi connectivity index (χ0v) is 11.3. The molecule has 0 amide bonds. The number of nitrogens with zero attached hydrogens (tertiary/aromatic N) is 4. The molecule has 2 heterocycles. The average Bonchev–Trinajstić information content (AvgIpc) is 2.64.